The van der Waals surface area contributed by atoms with Crippen molar-refractivity contribution in [3.63, 3.8) is 0 Å². The molecule has 0 unspecified atom stereocenters. The predicted molar refractivity (Wildman–Crippen MR) is 104 cm³/mol. The third-order valence-electron chi connectivity index (χ3n) is 4.43. The Morgan fingerprint density at radius 3 is 2.78 bits per heavy atom. The highest BCUT2D eigenvalue weighted by atomic mass is 16.5. The molecule has 2 aromatic heterocycles. The van der Waals surface area contributed by atoms with Gasteiger partial charge >= 0.3 is 0 Å². The van der Waals surface area contributed by atoms with Crippen LogP contribution in [0.5, 0.6) is 5.88 Å². The van der Waals surface area contributed by atoms with E-state index in [2.05, 4.69) is 30.5 Å². The molecule has 1 fully saturated rings. The van der Waals surface area contributed by atoms with Crippen molar-refractivity contribution in [3.05, 3.63) is 35.8 Å². The molecule has 0 atom stereocenters. The van der Waals surface area contributed by atoms with Crippen LogP contribution in [0.2, 0.25) is 0 Å². The first-order chi connectivity index (χ1) is 13.2. The van der Waals surface area contributed by atoms with Gasteiger partial charge in [-0.15, -0.1) is 0 Å². The smallest absolute Gasteiger partial charge is 0.251 e. The molecular formula is C19H26N6O2. The van der Waals surface area contributed by atoms with Crippen molar-refractivity contribution in [1.82, 2.24) is 20.3 Å². The summed E-state index contributed by atoms with van der Waals surface area (Å²) in [5.41, 5.74) is 0.520. The Labute approximate surface area is 159 Å². The number of nitrogens with one attached hydrogen (secondary N) is 2. The van der Waals surface area contributed by atoms with E-state index in [4.69, 9.17) is 4.74 Å². The van der Waals surface area contributed by atoms with Gasteiger partial charge in [-0.2, -0.15) is 0 Å². The van der Waals surface area contributed by atoms with Crippen molar-refractivity contribution in [3.8, 4) is 5.88 Å². The van der Waals surface area contributed by atoms with Crippen molar-refractivity contribution in [2.45, 2.75) is 26.2 Å². The second-order valence-corrected chi connectivity index (χ2v) is 6.48. The first-order valence-corrected chi connectivity index (χ1v) is 9.28. The molecule has 0 spiro atoms. The van der Waals surface area contributed by atoms with Crippen molar-refractivity contribution >= 4 is 17.5 Å². The van der Waals surface area contributed by atoms with Crippen LogP contribution < -0.4 is 20.3 Å². The monoisotopic (exact) mass is 370 g/mol. The Balaban J connectivity index is 1.51. The maximum atomic E-state index is 12.2. The highest BCUT2D eigenvalue weighted by Gasteiger charge is 2.14. The van der Waals surface area contributed by atoms with Gasteiger partial charge in [0, 0.05) is 50.1 Å². The van der Waals surface area contributed by atoms with Crippen molar-refractivity contribution < 1.29 is 9.53 Å². The van der Waals surface area contributed by atoms with Crippen LogP contribution in [0, 0.1) is 6.92 Å². The quantitative estimate of drug-likeness (QED) is 0.720. The molecule has 27 heavy (non-hydrogen) atoms. The zero-order chi connectivity index (χ0) is 19.1. The number of carbonyl (C=O) groups excluding carboxylic acids is 1. The summed E-state index contributed by atoms with van der Waals surface area (Å²) in [5, 5.41) is 6.14. The summed E-state index contributed by atoms with van der Waals surface area (Å²) < 4.78 is 5.04. The average molecular weight is 370 g/mol. The fourth-order valence-corrected chi connectivity index (χ4v) is 3.06. The normalized spacial score (nSPS) is 13.9. The molecule has 144 valence electrons. The molecule has 1 amide bonds. The van der Waals surface area contributed by atoms with Gasteiger partial charge in [-0.1, -0.05) is 0 Å². The van der Waals surface area contributed by atoms with Gasteiger partial charge in [-0.3, -0.25) is 4.79 Å². The van der Waals surface area contributed by atoms with Crippen LogP contribution in [0.15, 0.2) is 24.4 Å². The number of aryl methyl sites for hydroxylation is 1. The van der Waals surface area contributed by atoms with Crippen LogP contribution in [0.25, 0.3) is 0 Å². The zero-order valence-corrected chi connectivity index (χ0v) is 15.9. The molecule has 3 rings (SSSR count). The summed E-state index contributed by atoms with van der Waals surface area (Å²) in [6.45, 7) is 5.04. The number of carbonyl (C=O) groups is 1. The molecule has 2 N–H and O–H groups in total. The lowest BCUT2D eigenvalue weighted by Crippen LogP contribution is -2.31. The van der Waals surface area contributed by atoms with E-state index in [9.17, 15) is 4.79 Å². The van der Waals surface area contributed by atoms with Gasteiger partial charge in [-0.25, -0.2) is 15.0 Å². The number of rotatable bonds is 7. The average Bonchev–Trinajstić information content (AvgIpc) is 2.71. The second kappa shape index (κ2) is 9.16. The molecular weight excluding hydrogens is 344 g/mol. The molecule has 2 aromatic rings. The molecule has 8 heteroatoms. The van der Waals surface area contributed by atoms with Crippen LogP contribution in [0.1, 0.15) is 35.4 Å². The van der Waals surface area contributed by atoms with Gasteiger partial charge in [0.05, 0.1) is 7.11 Å². The van der Waals surface area contributed by atoms with Crippen molar-refractivity contribution in [2.24, 2.45) is 0 Å². The van der Waals surface area contributed by atoms with E-state index in [1.54, 1.807) is 18.3 Å². The fourth-order valence-electron chi connectivity index (χ4n) is 3.06. The number of piperidine rings is 1. The first-order valence-electron chi connectivity index (χ1n) is 9.28. The lowest BCUT2D eigenvalue weighted by atomic mass is 10.1. The van der Waals surface area contributed by atoms with E-state index in [0.29, 0.717) is 24.5 Å². The van der Waals surface area contributed by atoms with Crippen LogP contribution in [0.3, 0.4) is 0 Å². The summed E-state index contributed by atoms with van der Waals surface area (Å²) in [4.78, 5) is 27.5. The Morgan fingerprint density at radius 1 is 1.19 bits per heavy atom. The summed E-state index contributed by atoms with van der Waals surface area (Å²) in [6, 6.07) is 5.25. The van der Waals surface area contributed by atoms with Gasteiger partial charge < -0.3 is 20.3 Å². The molecule has 0 saturated carbocycles. The highest BCUT2D eigenvalue weighted by molar-refractivity contribution is 5.94. The van der Waals surface area contributed by atoms with Crippen LogP contribution >= 0.6 is 0 Å². The second-order valence-electron chi connectivity index (χ2n) is 6.48. The lowest BCUT2D eigenvalue weighted by molar-refractivity contribution is 0.0954. The van der Waals surface area contributed by atoms with Gasteiger partial charge in [0.1, 0.15) is 17.5 Å². The maximum Gasteiger partial charge on any atom is 0.251 e. The largest absolute Gasteiger partial charge is 0.481 e. The number of aromatic nitrogens is 3. The molecule has 8 nitrogen and oxygen atoms in total. The number of amides is 1. The number of hydrogen-bond acceptors (Lipinski definition) is 7. The minimum atomic E-state index is -0.162. The van der Waals surface area contributed by atoms with Crippen LogP contribution in [-0.2, 0) is 0 Å². The van der Waals surface area contributed by atoms with Crippen molar-refractivity contribution in [1.29, 1.82) is 0 Å². The number of methoxy groups -OCH3 is 1. The zero-order valence-electron chi connectivity index (χ0n) is 15.9. The van der Waals surface area contributed by atoms with E-state index in [-0.39, 0.29) is 5.91 Å². The van der Waals surface area contributed by atoms with E-state index < -0.39 is 0 Å². The Kier molecular flexibility index (Phi) is 6.40. The minimum absolute atomic E-state index is 0.162. The standard InChI is InChI=1S/C19H26N6O2/c1-14-23-16(13-17(24-14)25-10-4-3-5-11-25)20-8-9-22-19(26)15-6-7-21-18(12-15)27-2/h6-7,12-13H,3-5,8-11H2,1-2H3,(H,22,26)(H,20,23,24). The number of nitrogens with zero attached hydrogens (tertiary/aromatic N) is 4. The first kappa shape index (κ1) is 18.9. The number of hydrogen-bond donors (Lipinski definition) is 2. The summed E-state index contributed by atoms with van der Waals surface area (Å²) in [5.74, 6) is 2.75. The molecule has 1 aliphatic heterocycles. The molecule has 0 aromatic carbocycles. The van der Waals surface area contributed by atoms with Crippen LogP contribution in [0.4, 0.5) is 11.6 Å². The van der Waals surface area contributed by atoms with E-state index >= 15 is 0 Å². The summed E-state index contributed by atoms with van der Waals surface area (Å²) >= 11 is 0. The van der Waals surface area contributed by atoms with Gasteiger partial charge in [0.2, 0.25) is 5.88 Å². The van der Waals surface area contributed by atoms with Crippen molar-refractivity contribution in [2.75, 3.05) is 43.5 Å². The van der Waals surface area contributed by atoms with Gasteiger partial charge in [0.15, 0.2) is 0 Å². The Hall–Kier alpha value is -2.90. The topological polar surface area (TPSA) is 92.3 Å². The van der Waals surface area contributed by atoms with E-state index in [0.717, 1.165) is 30.5 Å². The van der Waals surface area contributed by atoms with Gasteiger partial charge in [0.25, 0.3) is 5.91 Å². The third-order valence-corrected chi connectivity index (χ3v) is 4.43. The highest BCUT2D eigenvalue weighted by Crippen LogP contribution is 2.20. The summed E-state index contributed by atoms with van der Waals surface area (Å²) in [6.07, 6.45) is 5.25. The third kappa shape index (κ3) is 5.29. The number of pyridine rings is 1. The molecule has 0 bridgehead atoms. The van der Waals surface area contributed by atoms with Crippen LogP contribution in [-0.4, -0.2) is 54.1 Å². The lowest BCUT2D eigenvalue weighted by Gasteiger charge is -2.28. The molecule has 0 aliphatic carbocycles. The fraction of sp³-hybridized carbons (Fsp3) is 0.474. The Bertz CT molecular complexity index is 777. The molecule has 1 saturated heterocycles. The SMILES string of the molecule is COc1cc(C(=O)NCCNc2cc(N3CCCCC3)nc(C)n2)ccn1. The number of anilines is 2. The maximum absolute atomic E-state index is 12.2. The minimum Gasteiger partial charge on any atom is -0.481 e. The molecule has 1 aliphatic rings. The predicted octanol–water partition coefficient (Wildman–Crippen LogP) is 2.02. The van der Waals surface area contributed by atoms with E-state index in [1.165, 1.54) is 26.4 Å². The van der Waals surface area contributed by atoms with Gasteiger partial charge in [-0.05, 0) is 32.3 Å². The molecule has 3 heterocycles. The molecule has 0 radical (unpaired) electrons. The van der Waals surface area contributed by atoms with E-state index in [1.807, 2.05) is 13.0 Å². The Morgan fingerprint density at radius 2 is 2.00 bits per heavy atom. The number of ether oxygens (including phenoxy) is 1. The summed E-state index contributed by atoms with van der Waals surface area (Å²) in [7, 11) is 1.52.